The lowest BCUT2D eigenvalue weighted by atomic mass is 9.97. The molecule has 0 radical (unpaired) electrons. The van der Waals surface area contributed by atoms with Gasteiger partial charge in [-0.1, -0.05) is 30.3 Å². The molecule has 0 saturated carbocycles. The molecular formula is C28H31N3O3. The molecule has 3 aromatic rings. The number of ether oxygens (including phenoxy) is 3. The molecule has 2 unspecified atom stereocenters. The van der Waals surface area contributed by atoms with Crippen molar-refractivity contribution in [3.8, 4) is 16.9 Å². The van der Waals surface area contributed by atoms with Gasteiger partial charge in [0.2, 0.25) is 0 Å². The zero-order chi connectivity index (χ0) is 23.7. The molecule has 0 spiro atoms. The Morgan fingerprint density at radius 2 is 1.71 bits per heavy atom. The van der Waals surface area contributed by atoms with Gasteiger partial charge in [0.25, 0.3) is 0 Å². The van der Waals surface area contributed by atoms with E-state index in [-0.39, 0.29) is 12.2 Å². The zero-order valence-electron chi connectivity index (χ0n) is 20.2. The fourth-order valence-electron chi connectivity index (χ4n) is 4.93. The van der Waals surface area contributed by atoms with Crippen molar-refractivity contribution in [1.82, 2.24) is 10.3 Å². The first-order valence-electron chi connectivity index (χ1n) is 11.7. The van der Waals surface area contributed by atoms with Crippen LogP contribution in [0.15, 0.2) is 66.7 Å². The molecule has 2 aromatic carbocycles. The Kier molecular flexibility index (Phi) is 6.16. The number of nitrogens with zero attached hydrogens (tertiary/aromatic N) is 2. The Morgan fingerprint density at radius 1 is 0.941 bits per heavy atom. The molecule has 2 aliphatic heterocycles. The van der Waals surface area contributed by atoms with Crippen molar-refractivity contribution < 1.29 is 14.2 Å². The zero-order valence-corrected chi connectivity index (χ0v) is 20.2. The smallest absolute Gasteiger partial charge is 0.186 e. The number of aromatic nitrogens is 1. The van der Waals surface area contributed by atoms with Crippen molar-refractivity contribution in [2.75, 3.05) is 38.8 Å². The number of hydrogen-bond acceptors (Lipinski definition) is 6. The number of methoxy groups -OCH3 is 2. The number of morpholine rings is 1. The van der Waals surface area contributed by atoms with Gasteiger partial charge in [-0.15, -0.1) is 0 Å². The molecule has 2 aliphatic rings. The molecule has 0 aliphatic carbocycles. The topological polar surface area (TPSA) is 55.9 Å². The number of dihydropyridines is 1. The second-order valence-electron chi connectivity index (χ2n) is 8.90. The van der Waals surface area contributed by atoms with E-state index in [1.807, 2.05) is 12.3 Å². The average molecular weight is 458 g/mol. The molecule has 1 N–H and O–H groups in total. The van der Waals surface area contributed by atoms with E-state index in [4.69, 9.17) is 19.2 Å². The number of rotatable bonds is 5. The van der Waals surface area contributed by atoms with Crippen LogP contribution in [0.5, 0.6) is 5.75 Å². The minimum Gasteiger partial charge on any atom is -0.495 e. The fraction of sp³-hybridized carbons (Fsp3) is 0.321. The van der Waals surface area contributed by atoms with Crippen LogP contribution in [0.3, 0.4) is 0 Å². The van der Waals surface area contributed by atoms with Crippen LogP contribution < -0.4 is 15.0 Å². The number of fused-ring (bicyclic) bond motifs is 1. The van der Waals surface area contributed by atoms with E-state index in [0.29, 0.717) is 6.54 Å². The second-order valence-corrected chi connectivity index (χ2v) is 8.90. The largest absolute Gasteiger partial charge is 0.495 e. The number of benzene rings is 2. The van der Waals surface area contributed by atoms with E-state index >= 15 is 0 Å². The lowest BCUT2D eigenvalue weighted by molar-refractivity contribution is -0.00521. The van der Waals surface area contributed by atoms with Gasteiger partial charge < -0.3 is 24.4 Å². The first-order valence-corrected chi connectivity index (χ1v) is 11.7. The van der Waals surface area contributed by atoms with Crippen LogP contribution in [-0.4, -0.2) is 51.0 Å². The summed E-state index contributed by atoms with van der Waals surface area (Å²) in [6, 6.07) is 14.9. The van der Waals surface area contributed by atoms with Crippen LogP contribution >= 0.6 is 0 Å². The second kappa shape index (κ2) is 9.39. The maximum atomic E-state index is 5.93. The summed E-state index contributed by atoms with van der Waals surface area (Å²) in [6.45, 7) is 6.75. The summed E-state index contributed by atoms with van der Waals surface area (Å²) in [4.78, 5) is 7.27. The van der Waals surface area contributed by atoms with Gasteiger partial charge >= 0.3 is 0 Å². The summed E-state index contributed by atoms with van der Waals surface area (Å²) in [7, 11) is 3.39. The third kappa shape index (κ3) is 4.21. The number of para-hydroxylation sites is 1. The minimum absolute atomic E-state index is 0.230. The van der Waals surface area contributed by atoms with Gasteiger partial charge in [0.05, 0.1) is 31.9 Å². The molecule has 1 fully saturated rings. The van der Waals surface area contributed by atoms with E-state index in [0.717, 1.165) is 57.9 Å². The number of hydrogen-bond donors (Lipinski definition) is 1. The van der Waals surface area contributed by atoms with Crippen molar-refractivity contribution in [3.63, 3.8) is 0 Å². The highest BCUT2D eigenvalue weighted by Gasteiger charge is 2.23. The van der Waals surface area contributed by atoms with Gasteiger partial charge in [-0.05, 0) is 49.3 Å². The van der Waals surface area contributed by atoms with Gasteiger partial charge in [-0.2, -0.15) is 0 Å². The SMILES string of the molecule is COC1=CC=C(c2cccc3c(OC)c(-c4ccc(N5CC(C)OC(C)C5)cc4)cnc23)CN1. The van der Waals surface area contributed by atoms with Gasteiger partial charge in [0.15, 0.2) is 5.88 Å². The predicted molar refractivity (Wildman–Crippen MR) is 137 cm³/mol. The molecule has 6 heteroatoms. The highest BCUT2D eigenvalue weighted by molar-refractivity contribution is 5.98. The highest BCUT2D eigenvalue weighted by Crippen LogP contribution is 2.38. The monoisotopic (exact) mass is 457 g/mol. The fourth-order valence-corrected chi connectivity index (χ4v) is 4.93. The summed E-state index contributed by atoms with van der Waals surface area (Å²) < 4.78 is 17.1. The molecule has 176 valence electrons. The average Bonchev–Trinajstić information content (AvgIpc) is 2.87. The lowest BCUT2D eigenvalue weighted by Gasteiger charge is -2.36. The molecule has 1 aromatic heterocycles. The van der Waals surface area contributed by atoms with Crippen molar-refractivity contribution in [1.29, 1.82) is 0 Å². The Bertz CT molecular complexity index is 1240. The molecule has 5 rings (SSSR count). The van der Waals surface area contributed by atoms with Crippen molar-refractivity contribution >= 4 is 22.2 Å². The Hall–Kier alpha value is -3.51. The van der Waals surface area contributed by atoms with Crippen molar-refractivity contribution in [2.24, 2.45) is 0 Å². The first-order chi connectivity index (χ1) is 16.6. The van der Waals surface area contributed by atoms with Crippen LogP contribution in [0.25, 0.3) is 27.6 Å². The van der Waals surface area contributed by atoms with Gasteiger partial charge in [0, 0.05) is 48.0 Å². The van der Waals surface area contributed by atoms with Crippen LogP contribution in [-0.2, 0) is 9.47 Å². The molecule has 34 heavy (non-hydrogen) atoms. The highest BCUT2D eigenvalue weighted by atomic mass is 16.5. The summed E-state index contributed by atoms with van der Waals surface area (Å²) >= 11 is 0. The molecule has 0 bridgehead atoms. The molecular weight excluding hydrogens is 426 g/mol. The molecule has 0 amide bonds. The van der Waals surface area contributed by atoms with Gasteiger partial charge in [-0.25, -0.2) is 0 Å². The van der Waals surface area contributed by atoms with E-state index in [1.54, 1.807) is 14.2 Å². The summed E-state index contributed by atoms with van der Waals surface area (Å²) in [5.41, 5.74) is 6.46. The van der Waals surface area contributed by atoms with Crippen LogP contribution in [0, 0.1) is 0 Å². The normalized spacial score (nSPS) is 20.4. The van der Waals surface area contributed by atoms with Crippen LogP contribution in [0.1, 0.15) is 19.4 Å². The van der Waals surface area contributed by atoms with Crippen LogP contribution in [0.2, 0.25) is 0 Å². The lowest BCUT2D eigenvalue weighted by Crippen LogP contribution is -2.45. The standard InChI is InChI=1S/C28H31N3O3/c1-18-16-31(17-19(2)34-18)22-11-8-20(9-12-22)25-15-30-27-23(6-5-7-24(27)28(25)33-4)21-10-13-26(32-3)29-14-21/h5-13,15,18-19,29H,14,16-17H2,1-4H3. The third-order valence-corrected chi connectivity index (χ3v) is 6.47. The summed E-state index contributed by atoms with van der Waals surface area (Å²) in [5.74, 6) is 1.60. The van der Waals surface area contributed by atoms with Crippen molar-refractivity contribution in [3.05, 3.63) is 72.3 Å². The number of anilines is 1. The van der Waals surface area contributed by atoms with E-state index < -0.39 is 0 Å². The van der Waals surface area contributed by atoms with E-state index in [2.05, 4.69) is 72.6 Å². The van der Waals surface area contributed by atoms with E-state index in [1.165, 1.54) is 5.69 Å². The van der Waals surface area contributed by atoms with Crippen molar-refractivity contribution in [2.45, 2.75) is 26.1 Å². The molecule has 2 atom stereocenters. The molecule has 1 saturated heterocycles. The minimum atomic E-state index is 0.230. The maximum absolute atomic E-state index is 5.93. The number of nitrogens with one attached hydrogen (secondary N) is 1. The van der Waals surface area contributed by atoms with Gasteiger partial charge in [0.1, 0.15) is 5.75 Å². The third-order valence-electron chi connectivity index (χ3n) is 6.47. The van der Waals surface area contributed by atoms with E-state index in [9.17, 15) is 0 Å². The Labute approximate surface area is 200 Å². The number of allylic oxidation sites excluding steroid dienone is 2. The molecule has 3 heterocycles. The quantitative estimate of drug-likeness (QED) is 0.582. The molecule has 6 nitrogen and oxygen atoms in total. The first kappa shape index (κ1) is 22.3. The number of pyridine rings is 1. The predicted octanol–water partition coefficient (Wildman–Crippen LogP) is 5.00. The Balaban J connectivity index is 1.50. The Morgan fingerprint density at radius 3 is 2.35 bits per heavy atom. The van der Waals surface area contributed by atoms with Gasteiger partial charge in [-0.3, -0.25) is 4.98 Å². The van der Waals surface area contributed by atoms with Crippen LogP contribution in [0.4, 0.5) is 5.69 Å². The summed E-state index contributed by atoms with van der Waals surface area (Å²) in [6.07, 6.45) is 6.41. The maximum Gasteiger partial charge on any atom is 0.186 e. The summed E-state index contributed by atoms with van der Waals surface area (Å²) in [5, 5.41) is 4.29.